The van der Waals surface area contributed by atoms with Crippen LogP contribution in [-0.4, -0.2) is 11.7 Å². The van der Waals surface area contributed by atoms with Gasteiger partial charge in [-0.2, -0.15) is 0 Å². The molecule has 0 radical (unpaired) electrons. The fraction of sp³-hybridized carbons (Fsp3) is 0.647. The highest BCUT2D eigenvalue weighted by molar-refractivity contribution is 7.53. The van der Waals surface area contributed by atoms with E-state index in [0.29, 0.717) is 5.56 Å². The summed E-state index contributed by atoms with van der Waals surface area (Å²) in [6, 6.07) is 5.79. The molecule has 0 fully saturated rings. The van der Waals surface area contributed by atoms with Crippen molar-refractivity contribution >= 4 is 7.60 Å². The maximum atomic E-state index is 12.6. The number of rotatable bonds is 5. The van der Waals surface area contributed by atoms with Crippen LogP contribution in [0, 0.1) is 0 Å². The highest BCUT2D eigenvalue weighted by Crippen LogP contribution is 2.58. The molecule has 23 heavy (non-hydrogen) atoms. The fourth-order valence-electron chi connectivity index (χ4n) is 2.19. The lowest BCUT2D eigenvalue weighted by Crippen LogP contribution is -2.18. The Labute approximate surface area is 139 Å². The molecule has 0 spiro atoms. The lowest BCUT2D eigenvalue weighted by atomic mass is 9.79. The standard InChI is InChI=1S/C17H30NO4P/c1-8-21-23(20,22-18)15(19)12-9-13(16(2,3)4)11-14(10-12)17(5,6)7/h9-11,15,19H,8,18H2,1-7H3. The number of benzene rings is 1. The Morgan fingerprint density at radius 3 is 1.83 bits per heavy atom. The van der Waals surface area contributed by atoms with Crippen LogP contribution in [0.5, 0.6) is 0 Å². The van der Waals surface area contributed by atoms with Gasteiger partial charge in [-0.25, -0.2) is 10.5 Å². The summed E-state index contributed by atoms with van der Waals surface area (Å²) in [5.74, 6) is 3.71. The van der Waals surface area contributed by atoms with Crippen LogP contribution in [-0.2, 0) is 24.5 Å². The van der Waals surface area contributed by atoms with E-state index in [9.17, 15) is 9.67 Å². The van der Waals surface area contributed by atoms with E-state index < -0.39 is 13.4 Å². The minimum absolute atomic E-state index is 0.116. The van der Waals surface area contributed by atoms with Crippen molar-refractivity contribution in [2.24, 2.45) is 5.90 Å². The number of aliphatic hydroxyl groups is 1. The lowest BCUT2D eigenvalue weighted by molar-refractivity contribution is 0.147. The lowest BCUT2D eigenvalue weighted by Gasteiger charge is -2.28. The van der Waals surface area contributed by atoms with E-state index in [0.717, 1.165) is 11.1 Å². The third-order valence-corrected chi connectivity index (χ3v) is 5.55. The number of aliphatic hydroxyl groups excluding tert-OH is 1. The van der Waals surface area contributed by atoms with Gasteiger partial charge in [-0.3, -0.25) is 4.57 Å². The summed E-state index contributed by atoms with van der Waals surface area (Å²) in [4.78, 5) is 0. The zero-order valence-corrected chi connectivity index (χ0v) is 16.1. The summed E-state index contributed by atoms with van der Waals surface area (Å²) >= 11 is 0. The van der Waals surface area contributed by atoms with Gasteiger partial charge in [0.1, 0.15) is 0 Å². The minimum Gasteiger partial charge on any atom is -0.376 e. The average molecular weight is 343 g/mol. The first-order valence-corrected chi connectivity index (χ1v) is 9.43. The van der Waals surface area contributed by atoms with Gasteiger partial charge < -0.3 is 9.63 Å². The fourth-order valence-corrected chi connectivity index (χ4v) is 3.38. The second-order valence-corrected chi connectivity index (χ2v) is 9.82. The predicted octanol–water partition coefficient (Wildman–Crippen LogP) is 4.39. The molecule has 0 bridgehead atoms. The first kappa shape index (κ1) is 20.3. The van der Waals surface area contributed by atoms with E-state index in [2.05, 4.69) is 52.2 Å². The molecule has 132 valence electrons. The van der Waals surface area contributed by atoms with Crippen LogP contribution < -0.4 is 5.90 Å². The normalized spacial score (nSPS) is 16.9. The van der Waals surface area contributed by atoms with E-state index in [-0.39, 0.29) is 17.4 Å². The summed E-state index contributed by atoms with van der Waals surface area (Å²) in [6.07, 6.45) is 0. The third-order valence-electron chi connectivity index (χ3n) is 3.74. The molecule has 3 N–H and O–H groups in total. The van der Waals surface area contributed by atoms with Crippen LogP contribution in [0.1, 0.15) is 71.0 Å². The third kappa shape index (κ3) is 4.88. The number of nitrogens with two attached hydrogens (primary N) is 1. The molecule has 0 saturated carbocycles. The van der Waals surface area contributed by atoms with Crippen LogP contribution in [0.3, 0.4) is 0 Å². The Balaban J connectivity index is 3.49. The van der Waals surface area contributed by atoms with Crippen molar-refractivity contribution in [3.05, 3.63) is 34.9 Å². The summed E-state index contributed by atoms with van der Waals surface area (Å²) in [5, 5.41) is 10.6. The molecule has 1 rings (SSSR count). The summed E-state index contributed by atoms with van der Waals surface area (Å²) in [6.45, 7) is 14.3. The zero-order chi connectivity index (χ0) is 18.1. The predicted molar refractivity (Wildman–Crippen MR) is 93.3 cm³/mol. The molecular formula is C17H30NO4P. The average Bonchev–Trinajstić information content (AvgIpc) is 2.44. The van der Waals surface area contributed by atoms with Crippen LogP contribution in [0.2, 0.25) is 0 Å². The van der Waals surface area contributed by atoms with Crippen molar-refractivity contribution in [1.82, 2.24) is 0 Å². The van der Waals surface area contributed by atoms with Gasteiger partial charge in [0, 0.05) is 0 Å². The topological polar surface area (TPSA) is 81.8 Å². The molecule has 0 aliphatic carbocycles. The summed E-state index contributed by atoms with van der Waals surface area (Å²) in [5.41, 5.74) is 2.34. The molecule has 0 aliphatic heterocycles. The molecule has 0 saturated heterocycles. The Morgan fingerprint density at radius 1 is 1.09 bits per heavy atom. The molecule has 6 heteroatoms. The van der Waals surface area contributed by atoms with Crippen LogP contribution >= 0.6 is 7.60 Å². The monoisotopic (exact) mass is 343 g/mol. The minimum atomic E-state index is -3.82. The molecule has 5 nitrogen and oxygen atoms in total. The second-order valence-electron chi connectivity index (χ2n) is 7.78. The smallest absolute Gasteiger partial charge is 0.376 e. The Morgan fingerprint density at radius 2 is 1.52 bits per heavy atom. The molecule has 0 aromatic heterocycles. The van der Waals surface area contributed by atoms with Crippen molar-refractivity contribution in [2.45, 2.75) is 65.1 Å². The number of hydrogen-bond acceptors (Lipinski definition) is 5. The van der Waals surface area contributed by atoms with Gasteiger partial charge in [-0.05, 0) is 34.4 Å². The first-order chi connectivity index (χ1) is 10.3. The first-order valence-electron chi connectivity index (χ1n) is 7.82. The molecule has 1 aromatic rings. The summed E-state index contributed by atoms with van der Waals surface area (Å²) in [7, 11) is -3.82. The van der Waals surface area contributed by atoms with Crippen molar-refractivity contribution in [3.63, 3.8) is 0 Å². The van der Waals surface area contributed by atoms with Crippen molar-refractivity contribution in [3.8, 4) is 0 Å². The van der Waals surface area contributed by atoms with E-state index in [1.54, 1.807) is 6.92 Å². The molecule has 0 aliphatic rings. The van der Waals surface area contributed by atoms with E-state index >= 15 is 0 Å². The molecule has 2 unspecified atom stereocenters. The molecular weight excluding hydrogens is 313 g/mol. The zero-order valence-electron chi connectivity index (χ0n) is 15.2. The van der Waals surface area contributed by atoms with Gasteiger partial charge in [-0.15, -0.1) is 0 Å². The van der Waals surface area contributed by atoms with Gasteiger partial charge in [0.25, 0.3) is 0 Å². The maximum Gasteiger partial charge on any atom is 0.379 e. The molecule has 0 amide bonds. The molecule has 0 heterocycles. The Hall–Kier alpha value is -0.710. The SMILES string of the molecule is CCOP(=O)(ON)C(O)c1cc(C(C)(C)C)cc(C(C)(C)C)c1. The van der Waals surface area contributed by atoms with Crippen LogP contribution in [0.25, 0.3) is 0 Å². The maximum absolute atomic E-state index is 12.6. The molecule has 1 aromatic carbocycles. The van der Waals surface area contributed by atoms with Gasteiger partial charge in [0.05, 0.1) is 6.61 Å². The van der Waals surface area contributed by atoms with E-state index in [1.165, 1.54) is 0 Å². The van der Waals surface area contributed by atoms with Gasteiger partial charge in [0.15, 0.2) is 5.85 Å². The second kappa shape index (κ2) is 7.04. The highest BCUT2D eigenvalue weighted by atomic mass is 31.2. The quantitative estimate of drug-likeness (QED) is 0.612. The Kier molecular flexibility index (Phi) is 6.22. The largest absolute Gasteiger partial charge is 0.379 e. The highest BCUT2D eigenvalue weighted by Gasteiger charge is 2.36. The number of hydrogen-bond donors (Lipinski definition) is 2. The van der Waals surface area contributed by atoms with Crippen LogP contribution in [0.4, 0.5) is 0 Å². The van der Waals surface area contributed by atoms with E-state index in [4.69, 9.17) is 10.4 Å². The molecule has 2 atom stereocenters. The summed E-state index contributed by atoms with van der Waals surface area (Å²) < 4.78 is 22.2. The van der Waals surface area contributed by atoms with Crippen LogP contribution in [0.15, 0.2) is 18.2 Å². The van der Waals surface area contributed by atoms with Crippen molar-refractivity contribution in [2.75, 3.05) is 6.61 Å². The van der Waals surface area contributed by atoms with Gasteiger partial charge >= 0.3 is 7.60 Å². The van der Waals surface area contributed by atoms with Crippen molar-refractivity contribution in [1.29, 1.82) is 0 Å². The van der Waals surface area contributed by atoms with E-state index in [1.807, 2.05) is 12.1 Å². The van der Waals surface area contributed by atoms with Gasteiger partial charge in [0.2, 0.25) is 0 Å². The van der Waals surface area contributed by atoms with Gasteiger partial charge in [-0.1, -0.05) is 59.7 Å². The van der Waals surface area contributed by atoms with Crippen molar-refractivity contribution < 1.29 is 18.8 Å². The Bertz CT molecular complexity index is 555.